The molecule has 0 fully saturated rings. The Balaban J connectivity index is 3.17. The maximum absolute atomic E-state index is 10.5. The SMILES string of the molecule is CC(C)c1sc(N)nc1C(=O)[O-]. The molecule has 0 atom stereocenters. The molecule has 0 unspecified atom stereocenters. The van der Waals surface area contributed by atoms with E-state index in [1.165, 1.54) is 11.3 Å². The molecule has 0 saturated heterocycles. The van der Waals surface area contributed by atoms with Gasteiger partial charge < -0.3 is 15.6 Å². The fourth-order valence-corrected chi connectivity index (χ4v) is 1.71. The molecule has 0 aliphatic rings. The lowest BCUT2D eigenvalue weighted by Crippen LogP contribution is -2.24. The van der Waals surface area contributed by atoms with E-state index >= 15 is 0 Å². The molecule has 5 heteroatoms. The first-order chi connectivity index (χ1) is 5.52. The molecule has 0 spiro atoms. The van der Waals surface area contributed by atoms with Crippen LogP contribution in [0.5, 0.6) is 0 Å². The van der Waals surface area contributed by atoms with E-state index in [9.17, 15) is 9.90 Å². The maximum Gasteiger partial charge on any atom is 0.180 e. The third kappa shape index (κ3) is 1.55. The van der Waals surface area contributed by atoms with E-state index in [0.29, 0.717) is 4.88 Å². The third-order valence-corrected chi connectivity index (χ3v) is 2.57. The first-order valence-corrected chi connectivity index (χ1v) is 4.31. The molecule has 0 bridgehead atoms. The fraction of sp³-hybridized carbons (Fsp3) is 0.429. The standard InChI is InChI=1S/C7H10N2O2S/c1-3(2)5-4(6(10)11)9-7(8)12-5/h3H,1-2H3,(H2,8,9)(H,10,11)/p-1. The Bertz CT molecular complexity index is 306. The van der Waals surface area contributed by atoms with Gasteiger partial charge in [-0.2, -0.15) is 0 Å². The number of hydrogen-bond acceptors (Lipinski definition) is 5. The lowest BCUT2D eigenvalue weighted by Gasteiger charge is -2.04. The number of carbonyl (C=O) groups excluding carboxylic acids is 1. The van der Waals surface area contributed by atoms with Crippen molar-refractivity contribution in [2.24, 2.45) is 0 Å². The van der Waals surface area contributed by atoms with Crippen LogP contribution in [0.3, 0.4) is 0 Å². The van der Waals surface area contributed by atoms with E-state index in [1.54, 1.807) is 0 Å². The molecule has 0 amide bonds. The highest BCUT2D eigenvalue weighted by Crippen LogP contribution is 2.27. The first-order valence-electron chi connectivity index (χ1n) is 3.50. The number of nitrogens with zero attached hydrogens (tertiary/aromatic N) is 1. The monoisotopic (exact) mass is 185 g/mol. The van der Waals surface area contributed by atoms with Gasteiger partial charge in [-0.1, -0.05) is 13.8 Å². The van der Waals surface area contributed by atoms with E-state index in [4.69, 9.17) is 5.73 Å². The van der Waals surface area contributed by atoms with Crippen LogP contribution in [0.15, 0.2) is 0 Å². The zero-order valence-corrected chi connectivity index (χ0v) is 7.64. The number of aromatic carboxylic acids is 1. The normalized spacial score (nSPS) is 10.6. The number of nitrogen functional groups attached to an aromatic ring is 1. The largest absolute Gasteiger partial charge is 0.543 e. The number of carboxylic acids is 1. The number of nitrogens with two attached hydrogens (primary N) is 1. The molecule has 1 aromatic heterocycles. The molecule has 0 radical (unpaired) electrons. The highest BCUT2D eigenvalue weighted by atomic mass is 32.1. The Labute approximate surface area is 74.0 Å². The average molecular weight is 185 g/mol. The van der Waals surface area contributed by atoms with Crippen LogP contribution in [0.2, 0.25) is 0 Å². The predicted octanol–water partition coefficient (Wildman–Crippen LogP) is 0.212. The number of rotatable bonds is 2. The molecular weight excluding hydrogens is 176 g/mol. The van der Waals surface area contributed by atoms with Crippen molar-refractivity contribution in [2.45, 2.75) is 19.8 Å². The molecular formula is C7H9N2O2S-. The summed E-state index contributed by atoms with van der Waals surface area (Å²) in [6.45, 7) is 3.78. The zero-order valence-electron chi connectivity index (χ0n) is 6.83. The smallest absolute Gasteiger partial charge is 0.180 e. The lowest BCUT2D eigenvalue weighted by atomic mass is 10.1. The van der Waals surface area contributed by atoms with Gasteiger partial charge in [0.1, 0.15) is 5.69 Å². The van der Waals surface area contributed by atoms with Crippen LogP contribution in [-0.4, -0.2) is 11.0 Å². The quantitative estimate of drug-likeness (QED) is 0.714. The van der Waals surface area contributed by atoms with Crippen LogP contribution in [0.4, 0.5) is 5.13 Å². The molecule has 4 nitrogen and oxygen atoms in total. The Morgan fingerprint density at radius 2 is 2.25 bits per heavy atom. The van der Waals surface area contributed by atoms with Crippen molar-refractivity contribution in [1.29, 1.82) is 0 Å². The minimum absolute atomic E-state index is 0.0208. The van der Waals surface area contributed by atoms with Gasteiger partial charge in [-0.25, -0.2) is 4.98 Å². The van der Waals surface area contributed by atoms with Crippen LogP contribution < -0.4 is 10.8 Å². The van der Waals surface area contributed by atoms with Crippen molar-refractivity contribution in [2.75, 3.05) is 5.73 Å². The van der Waals surface area contributed by atoms with Crippen molar-refractivity contribution in [3.05, 3.63) is 10.6 Å². The Hall–Kier alpha value is -1.10. The van der Waals surface area contributed by atoms with Gasteiger partial charge in [-0.3, -0.25) is 0 Å². The minimum Gasteiger partial charge on any atom is -0.543 e. The van der Waals surface area contributed by atoms with E-state index < -0.39 is 5.97 Å². The second-order valence-electron chi connectivity index (χ2n) is 2.71. The second-order valence-corrected chi connectivity index (χ2v) is 3.77. The highest BCUT2D eigenvalue weighted by Gasteiger charge is 2.12. The fourth-order valence-electron chi connectivity index (χ4n) is 0.887. The van der Waals surface area contributed by atoms with Gasteiger partial charge in [-0.15, -0.1) is 11.3 Å². The van der Waals surface area contributed by atoms with Gasteiger partial charge in [-0.05, 0) is 5.92 Å². The number of aromatic nitrogens is 1. The summed E-state index contributed by atoms with van der Waals surface area (Å²) < 4.78 is 0. The van der Waals surface area contributed by atoms with Crippen LogP contribution >= 0.6 is 11.3 Å². The summed E-state index contributed by atoms with van der Waals surface area (Å²) >= 11 is 1.20. The predicted molar refractivity (Wildman–Crippen MR) is 44.9 cm³/mol. The second kappa shape index (κ2) is 3.10. The minimum atomic E-state index is -1.26. The molecule has 0 aromatic carbocycles. The number of hydrogen-bond donors (Lipinski definition) is 1. The van der Waals surface area contributed by atoms with Crippen molar-refractivity contribution in [1.82, 2.24) is 4.98 Å². The molecule has 1 rings (SSSR count). The molecule has 12 heavy (non-hydrogen) atoms. The van der Waals surface area contributed by atoms with E-state index in [1.807, 2.05) is 13.8 Å². The van der Waals surface area contributed by atoms with Gasteiger partial charge in [0.05, 0.1) is 5.97 Å². The molecule has 0 aliphatic carbocycles. The summed E-state index contributed by atoms with van der Waals surface area (Å²) in [5.74, 6) is -1.14. The molecule has 1 heterocycles. The number of carbonyl (C=O) groups is 1. The Kier molecular flexibility index (Phi) is 2.32. The lowest BCUT2D eigenvalue weighted by molar-refractivity contribution is -0.255. The summed E-state index contributed by atoms with van der Waals surface area (Å²) in [6, 6.07) is 0. The van der Waals surface area contributed by atoms with Gasteiger partial charge in [0, 0.05) is 4.88 Å². The first kappa shape index (κ1) is 8.99. The van der Waals surface area contributed by atoms with E-state index in [-0.39, 0.29) is 16.7 Å². The topological polar surface area (TPSA) is 79.0 Å². The van der Waals surface area contributed by atoms with Crippen LogP contribution in [-0.2, 0) is 0 Å². The highest BCUT2D eigenvalue weighted by molar-refractivity contribution is 7.15. The summed E-state index contributed by atoms with van der Waals surface area (Å²) in [6.07, 6.45) is 0. The van der Waals surface area contributed by atoms with Crippen LogP contribution in [0.25, 0.3) is 0 Å². The van der Waals surface area contributed by atoms with Crippen molar-refractivity contribution >= 4 is 22.4 Å². The summed E-state index contributed by atoms with van der Waals surface area (Å²) in [5.41, 5.74) is 5.35. The van der Waals surface area contributed by atoms with Gasteiger partial charge in [0.25, 0.3) is 0 Å². The molecule has 0 saturated carbocycles. The van der Waals surface area contributed by atoms with Gasteiger partial charge in [0.2, 0.25) is 0 Å². The Morgan fingerprint density at radius 1 is 1.67 bits per heavy atom. The number of thiazole rings is 1. The molecule has 1 aromatic rings. The summed E-state index contributed by atoms with van der Waals surface area (Å²) in [7, 11) is 0. The summed E-state index contributed by atoms with van der Waals surface area (Å²) in [4.78, 5) is 14.9. The Morgan fingerprint density at radius 3 is 2.58 bits per heavy atom. The number of carboxylic acid groups (broad SMARTS) is 1. The van der Waals surface area contributed by atoms with Crippen molar-refractivity contribution in [3.8, 4) is 0 Å². The zero-order chi connectivity index (χ0) is 9.30. The summed E-state index contributed by atoms with van der Waals surface area (Å²) in [5, 5.41) is 10.8. The third-order valence-electron chi connectivity index (χ3n) is 1.39. The van der Waals surface area contributed by atoms with Crippen LogP contribution in [0.1, 0.15) is 35.1 Å². The van der Waals surface area contributed by atoms with Gasteiger partial charge >= 0.3 is 0 Å². The van der Waals surface area contributed by atoms with E-state index in [0.717, 1.165) is 0 Å². The van der Waals surface area contributed by atoms with Crippen molar-refractivity contribution in [3.63, 3.8) is 0 Å². The molecule has 0 aliphatic heterocycles. The average Bonchev–Trinajstić information content (AvgIpc) is 2.31. The van der Waals surface area contributed by atoms with Gasteiger partial charge in [0.15, 0.2) is 5.13 Å². The van der Waals surface area contributed by atoms with Crippen LogP contribution in [0, 0.1) is 0 Å². The molecule has 66 valence electrons. The van der Waals surface area contributed by atoms with Crippen molar-refractivity contribution < 1.29 is 9.90 Å². The maximum atomic E-state index is 10.5. The molecule has 2 N–H and O–H groups in total. The van der Waals surface area contributed by atoms with E-state index in [2.05, 4.69) is 4.98 Å². The number of anilines is 1.